The summed E-state index contributed by atoms with van der Waals surface area (Å²) in [4.78, 5) is 10.7. The molecule has 2 aromatic carbocycles. The van der Waals surface area contributed by atoms with Gasteiger partial charge in [0, 0.05) is 33.7 Å². The van der Waals surface area contributed by atoms with Crippen LogP contribution in [0.1, 0.15) is 24.1 Å². The Labute approximate surface area is 136 Å². The van der Waals surface area contributed by atoms with Crippen LogP contribution in [0.4, 0.5) is 5.69 Å². The van der Waals surface area contributed by atoms with E-state index in [0.29, 0.717) is 17.1 Å². The molecule has 0 spiro atoms. The third-order valence-electron chi connectivity index (χ3n) is 3.19. The Bertz CT molecular complexity index is 664. The summed E-state index contributed by atoms with van der Waals surface area (Å²) in [6.45, 7) is 2.40. The van der Waals surface area contributed by atoms with Gasteiger partial charge in [0.05, 0.1) is 4.92 Å². The van der Waals surface area contributed by atoms with E-state index in [9.17, 15) is 10.1 Å². The van der Waals surface area contributed by atoms with Crippen molar-refractivity contribution >= 4 is 33.2 Å². The smallest absolute Gasteiger partial charge is 0.273 e. The van der Waals surface area contributed by atoms with Crippen LogP contribution in [0.25, 0.3) is 0 Å². The second kappa shape index (κ2) is 7.02. The van der Waals surface area contributed by atoms with Crippen molar-refractivity contribution in [2.75, 3.05) is 0 Å². The number of benzene rings is 2. The van der Waals surface area contributed by atoms with Crippen molar-refractivity contribution < 1.29 is 4.92 Å². The van der Waals surface area contributed by atoms with Gasteiger partial charge in [-0.15, -0.1) is 0 Å². The minimum Gasteiger partial charge on any atom is -0.306 e. The summed E-state index contributed by atoms with van der Waals surface area (Å²) >= 11 is 9.31. The van der Waals surface area contributed by atoms with Gasteiger partial charge in [-0.05, 0) is 36.8 Å². The van der Waals surface area contributed by atoms with Crippen LogP contribution in [0.3, 0.4) is 0 Å². The van der Waals surface area contributed by atoms with Gasteiger partial charge in [-0.1, -0.05) is 39.7 Å². The molecule has 2 aromatic rings. The number of nitrogens with one attached hydrogen (secondary N) is 1. The number of nitrogens with zero attached hydrogens (tertiary/aromatic N) is 1. The molecule has 6 heteroatoms. The predicted octanol–water partition coefficient (Wildman–Crippen LogP) is 4.86. The zero-order valence-electron chi connectivity index (χ0n) is 11.3. The molecule has 0 amide bonds. The Hall–Kier alpha value is -1.43. The van der Waals surface area contributed by atoms with Crippen molar-refractivity contribution in [1.29, 1.82) is 0 Å². The molecule has 21 heavy (non-hydrogen) atoms. The maximum Gasteiger partial charge on any atom is 0.273 e. The maximum absolute atomic E-state index is 11.0. The van der Waals surface area contributed by atoms with E-state index in [1.165, 1.54) is 6.07 Å². The second-order valence-corrected chi connectivity index (χ2v) is 6.04. The van der Waals surface area contributed by atoms with Crippen molar-refractivity contribution in [3.05, 3.63) is 73.2 Å². The molecule has 0 saturated heterocycles. The zero-order valence-corrected chi connectivity index (χ0v) is 13.7. The molecule has 110 valence electrons. The summed E-state index contributed by atoms with van der Waals surface area (Å²) in [5.74, 6) is 0. The molecule has 1 unspecified atom stereocenters. The van der Waals surface area contributed by atoms with E-state index in [0.717, 1.165) is 10.0 Å². The molecule has 0 radical (unpaired) electrons. The highest BCUT2D eigenvalue weighted by Crippen LogP contribution is 2.24. The first-order valence-corrected chi connectivity index (χ1v) is 7.56. The SMILES string of the molecule is CC(NCc1cc(Br)ccc1[N+](=O)[O-])c1cccc(Cl)c1. The third kappa shape index (κ3) is 4.27. The molecule has 1 N–H and O–H groups in total. The number of hydrogen-bond donors (Lipinski definition) is 1. The van der Waals surface area contributed by atoms with Gasteiger partial charge < -0.3 is 5.32 Å². The summed E-state index contributed by atoms with van der Waals surface area (Å²) in [5, 5.41) is 15.0. The molecule has 0 saturated carbocycles. The van der Waals surface area contributed by atoms with Gasteiger partial charge in [0.25, 0.3) is 5.69 Å². The number of nitro benzene ring substituents is 1. The normalized spacial score (nSPS) is 12.1. The molecule has 0 fully saturated rings. The van der Waals surface area contributed by atoms with Gasteiger partial charge in [-0.3, -0.25) is 10.1 Å². The first kappa shape index (κ1) is 15.9. The van der Waals surface area contributed by atoms with Gasteiger partial charge >= 0.3 is 0 Å². The van der Waals surface area contributed by atoms with Gasteiger partial charge in [-0.2, -0.15) is 0 Å². The van der Waals surface area contributed by atoms with Crippen molar-refractivity contribution in [3.8, 4) is 0 Å². The van der Waals surface area contributed by atoms with Crippen molar-refractivity contribution in [1.82, 2.24) is 5.32 Å². The molecule has 2 rings (SSSR count). The van der Waals surface area contributed by atoms with Crippen LogP contribution < -0.4 is 5.32 Å². The second-order valence-electron chi connectivity index (χ2n) is 4.69. The van der Waals surface area contributed by atoms with Gasteiger partial charge in [-0.25, -0.2) is 0 Å². The molecule has 0 heterocycles. The first-order valence-electron chi connectivity index (χ1n) is 6.39. The van der Waals surface area contributed by atoms with Crippen molar-refractivity contribution in [2.45, 2.75) is 19.5 Å². The third-order valence-corrected chi connectivity index (χ3v) is 3.91. The van der Waals surface area contributed by atoms with Crippen LogP contribution in [0.2, 0.25) is 5.02 Å². The van der Waals surface area contributed by atoms with E-state index in [1.807, 2.05) is 31.2 Å². The number of rotatable bonds is 5. The Balaban J connectivity index is 2.12. The van der Waals surface area contributed by atoms with Crippen LogP contribution in [0, 0.1) is 10.1 Å². The standard InChI is InChI=1S/C15H14BrClN2O2/c1-10(11-3-2-4-14(17)8-11)18-9-12-7-13(16)5-6-15(12)19(20)21/h2-8,10,18H,9H2,1H3. The van der Waals surface area contributed by atoms with Crippen LogP contribution in [0.5, 0.6) is 0 Å². The van der Waals surface area contributed by atoms with Crippen LogP contribution in [-0.2, 0) is 6.54 Å². The van der Waals surface area contributed by atoms with Crippen LogP contribution >= 0.6 is 27.5 Å². The molecule has 0 aromatic heterocycles. The fourth-order valence-electron chi connectivity index (χ4n) is 2.03. The Kier molecular flexibility index (Phi) is 5.33. The quantitative estimate of drug-likeness (QED) is 0.605. The average Bonchev–Trinajstić information content (AvgIpc) is 2.44. The van der Waals surface area contributed by atoms with E-state index in [1.54, 1.807) is 12.1 Å². The van der Waals surface area contributed by atoms with Crippen LogP contribution in [-0.4, -0.2) is 4.92 Å². The Morgan fingerprint density at radius 2 is 2.10 bits per heavy atom. The average molecular weight is 370 g/mol. The molecule has 0 bridgehead atoms. The lowest BCUT2D eigenvalue weighted by molar-refractivity contribution is -0.385. The highest BCUT2D eigenvalue weighted by atomic mass is 79.9. The lowest BCUT2D eigenvalue weighted by Crippen LogP contribution is -2.18. The molecule has 0 aliphatic rings. The fraction of sp³-hybridized carbons (Fsp3) is 0.200. The summed E-state index contributed by atoms with van der Waals surface area (Å²) in [5.41, 5.74) is 1.80. The summed E-state index contributed by atoms with van der Waals surface area (Å²) in [6.07, 6.45) is 0. The summed E-state index contributed by atoms with van der Waals surface area (Å²) < 4.78 is 0.820. The maximum atomic E-state index is 11.0. The van der Waals surface area contributed by atoms with Crippen molar-refractivity contribution in [2.24, 2.45) is 0 Å². The minimum atomic E-state index is -0.368. The number of nitro groups is 1. The van der Waals surface area contributed by atoms with Gasteiger partial charge in [0.2, 0.25) is 0 Å². The number of halogens is 2. The zero-order chi connectivity index (χ0) is 15.4. The van der Waals surface area contributed by atoms with Crippen molar-refractivity contribution in [3.63, 3.8) is 0 Å². The Morgan fingerprint density at radius 3 is 2.76 bits per heavy atom. The van der Waals surface area contributed by atoms with Crippen LogP contribution in [0.15, 0.2) is 46.9 Å². The number of hydrogen-bond acceptors (Lipinski definition) is 3. The summed E-state index contributed by atoms with van der Waals surface area (Å²) in [7, 11) is 0. The van der Waals surface area contributed by atoms with E-state index >= 15 is 0 Å². The van der Waals surface area contributed by atoms with Gasteiger partial charge in [0.1, 0.15) is 0 Å². The predicted molar refractivity (Wildman–Crippen MR) is 87.5 cm³/mol. The molecule has 0 aliphatic carbocycles. The largest absolute Gasteiger partial charge is 0.306 e. The molecule has 4 nitrogen and oxygen atoms in total. The lowest BCUT2D eigenvalue weighted by Gasteiger charge is -2.15. The van der Waals surface area contributed by atoms with E-state index in [-0.39, 0.29) is 16.7 Å². The minimum absolute atomic E-state index is 0.0438. The highest BCUT2D eigenvalue weighted by Gasteiger charge is 2.14. The highest BCUT2D eigenvalue weighted by molar-refractivity contribution is 9.10. The first-order chi connectivity index (χ1) is 9.97. The monoisotopic (exact) mass is 368 g/mol. The van der Waals surface area contributed by atoms with E-state index in [4.69, 9.17) is 11.6 Å². The molecular weight excluding hydrogens is 356 g/mol. The van der Waals surface area contributed by atoms with E-state index < -0.39 is 0 Å². The Morgan fingerprint density at radius 1 is 1.33 bits per heavy atom. The molecular formula is C15H14BrClN2O2. The molecule has 0 aliphatic heterocycles. The van der Waals surface area contributed by atoms with Gasteiger partial charge in [0.15, 0.2) is 0 Å². The van der Waals surface area contributed by atoms with E-state index in [2.05, 4.69) is 21.2 Å². The summed E-state index contributed by atoms with van der Waals surface area (Å²) in [6, 6.07) is 12.5. The topological polar surface area (TPSA) is 55.2 Å². The lowest BCUT2D eigenvalue weighted by atomic mass is 10.1. The fourth-order valence-corrected chi connectivity index (χ4v) is 2.64. The molecule has 1 atom stereocenters.